The number of unbranched alkanes of at least 4 members (excludes halogenated alkanes) is 2. The maximum absolute atomic E-state index is 11.9. The summed E-state index contributed by atoms with van der Waals surface area (Å²) in [6.45, 7) is 0.876. The van der Waals surface area contributed by atoms with Gasteiger partial charge in [-0.1, -0.05) is 52.7 Å². The van der Waals surface area contributed by atoms with Crippen molar-refractivity contribution in [1.29, 1.82) is 0 Å². The van der Waals surface area contributed by atoms with E-state index in [9.17, 15) is 4.79 Å². The molecule has 0 atom stereocenters. The average molecular weight is 312 g/mol. The Kier molecular flexibility index (Phi) is 7.74. The quantitative estimate of drug-likeness (QED) is 0.530. The maximum atomic E-state index is 11.9. The number of rotatable bonds is 8. The van der Waals surface area contributed by atoms with E-state index >= 15 is 0 Å². The summed E-state index contributed by atoms with van der Waals surface area (Å²) in [5.74, 6) is 0.248. The molecule has 0 saturated carbocycles. The number of alkyl halides is 1. The van der Waals surface area contributed by atoms with Crippen molar-refractivity contribution in [1.82, 2.24) is 4.90 Å². The van der Waals surface area contributed by atoms with Crippen LogP contribution in [0.2, 0.25) is 0 Å². The Labute approximate surface area is 119 Å². The normalized spacial score (nSPS) is 10.3. The molecule has 2 nitrogen and oxygen atoms in total. The third-order valence-electron chi connectivity index (χ3n) is 3.02. The molecule has 0 fully saturated rings. The van der Waals surface area contributed by atoms with Gasteiger partial charge in [0.15, 0.2) is 0 Å². The van der Waals surface area contributed by atoms with Crippen molar-refractivity contribution in [3.05, 3.63) is 35.9 Å². The number of halogens is 1. The number of hydrogen-bond acceptors (Lipinski definition) is 1. The molecule has 0 unspecified atom stereocenters. The lowest BCUT2D eigenvalue weighted by atomic mass is 10.1. The number of amides is 1. The van der Waals surface area contributed by atoms with Crippen molar-refractivity contribution in [3.8, 4) is 0 Å². The second-order valence-corrected chi connectivity index (χ2v) is 5.34. The molecule has 0 spiro atoms. The Hall–Kier alpha value is -0.830. The molecule has 0 aliphatic heterocycles. The van der Waals surface area contributed by atoms with E-state index < -0.39 is 0 Å². The highest BCUT2D eigenvalue weighted by atomic mass is 79.9. The van der Waals surface area contributed by atoms with Crippen LogP contribution >= 0.6 is 15.9 Å². The lowest BCUT2D eigenvalue weighted by Crippen LogP contribution is -2.27. The molecule has 0 aromatic heterocycles. The highest BCUT2D eigenvalue weighted by Gasteiger charge is 2.07. The zero-order valence-electron chi connectivity index (χ0n) is 11.1. The Balaban J connectivity index is 2.19. The fraction of sp³-hybridized carbons (Fsp3) is 0.533. The van der Waals surface area contributed by atoms with Crippen LogP contribution in [0, 0.1) is 0 Å². The molecule has 18 heavy (non-hydrogen) atoms. The molecule has 0 saturated heterocycles. The van der Waals surface area contributed by atoms with Gasteiger partial charge in [0.25, 0.3) is 0 Å². The monoisotopic (exact) mass is 311 g/mol. The first kappa shape index (κ1) is 15.2. The summed E-state index contributed by atoms with van der Waals surface area (Å²) in [6.07, 6.45) is 4.91. The number of nitrogens with zero attached hydrogens (tertiary/aromatic N) is 1. The van der Waals surface area contributed by atoms with Crippen molar-refractivity contribution in [3.63, 3.8) is 0 Å². The van der Waals surface area contributed by atoms with Gasteiger partial charge in [-0.3, -0.25) is 4.79 Å². The number of carbonyl (C=O) groups excluding carboxylic acids is 1. The zero-order valence-corrected chi connectivity index (χ0v) is 12.7. The minimum absolute atomic E-state index is 0.248. The van der Waals surface area contributed by atoms with Gasteiger partial charge in [0.1, 0.15) is 0 Å². The van der Waals surface area contributed by atoms with Crippen LogP contribution in [0.15, 0.2) is 30.3 Å². The molecular weight excluding hydrogens is 290 g/mol. The molecule has 1 rings (SSSR count). The Morgan fingerprint density at radius 3 is 2.56 bits per heavy atom. The van der Waals surface area contributed by atoms with Gasteiger partial charge in [0.2, 0.25) is 5.91 Å². The van der Waals surface area contributed by atoms with E-state index in [1.807, 2.05) is 30.1 Å². The number of aryl methyl sites for hydroxylation is 1. The van der Waals surface area contributed by atoms with Gasteiger partial charge in [-0.25, -0.2) is 0 Å². The van der Waals surface area contributed by atoms with E-state index in [-0.39, 0.29) is 5.91 Å². The van der Waals surface area contributed by atoms with Gasteiger partial charge in [-0.15, -0.1) is 0 Å². The van der Waals surface area contributed by atoms with E-state index in [2.05, 4.69) is 28.1 Å². The summed E-state index contributed by atoms with van der Waals surface area (Å²) in [7, 11) is 1.90. The first-order valence-electron chi connectivity index (χ1n) is 6.58. The number of carbonyl (C=O) groups is 1. The molecule has 0 radical (unpaired) electrons. The van der Waals surface area contributed by atoms with Crippen molar-refractivity contribution >= 4 is 21.8 Å². The first-order valence-corrected chi connectivity index (χ1v) is 7.70. The van der Waals surface area contributed by atoms with E-state index in [4.69, 9.17) is 0 Å². The zero-order chi connectivity index (χ0) is 13.2. The molecule has 0 N–H and O–H groups in total. The Morgan fingerprint density at radius 1 is 1.17 bits per heavy atom. The second-order valence-electron chi connectivity index (χ2n) is 4.55. The fourth-order valence-corrected chi connectivity index (χ4v) is 2.23. The lowest BCUT2D eigenvalue weighted by molar-refractivity contribution is -0.129. The van der Waals surface area contributed by atoms with E-state index in [0.717, 1.165) is 24.7 Å². The van der Waals surface area contributed by atoms with Gasteiger partial charge in [-0.2, -0.15) is 0 Å². The maximum Gasteiger partial charge on any atom is 0.222 e. The SMILES string of the molecule is CN(CCCCCBr)C(=O)CCc1ccccc1. The topological polar surface area (TPSA) is 20.3 Å². The molecule has 0 bridgehead atoms. The van der Waals surface area contributed by atoms with E-state index in [1.165, 1.54) is 18.4 Å². The van der Waals surface area contributed by atoms with Crippen molar-refractivity contribution in [2.75, 3.05) is 18.9 Å². The predicted octanol–water partition coefficient (Wildman–Crippen LogP) is 3.64. The van der Waals surface area contributed by atoms with Crippen molar-refractivity contribution < 1.29 is 4.79 Å². The molecule has 100 valence electrons. The van der Waals surface area contributed by atoms with Crippen LogP contribution in [0.5, 0.6) is 0 Å². The van der Waals surface area contributed by atoms with Crippen molar-refractivity contribution in [2.45, 2.75) is 32.1 Å². The molecule has 1 aromatic rings. The van der Waals surface area contributed by atoms with Crippen LogP contribution in [0.3, 0.4) is 0 Å². The highest BCUT2D eigenvalue weighted by Crippen LogP contribution is 2.05. The molecule has 0 heterocycles. The average Bonchev–Trinajstić information content (AvgIpc) is 2.42. The largest absolute Gasteiger partial charge is 0.346 e. The smallest absolute Gasteiger partial charge is 0.222 e. The third kappa shape index (κ3) is 6.20. The van der Waals surface area contributed by atoms with Crippen LogP contribution in [0.25, 0.3) is 0 Å². The molecule has 0 aliphatic carbocycles. The predicted molar refractivity (Wildman–Crippen MR) is 80.0 cm³/mol. The van der Waals surface area contributed by atoms with Crippen LogP contribution in [0.1, 0.15) is 31.2 Å². The molecule has 3 heteroatoms. The standard InChI is InChI=1S/C15H22BrNO/c1-17(13-7-3-6-12-16)15(18)11-10-14-8-4-2-5-9-14/h2,4-5,8-9H,3,6-7,10-13H2,1H3. The van der Waals surface area contributed by atoms with Crippen LogP contribution in [-0.4, -0.2) is 29.7 Å². The summed E-state index contributed by atoms with van der Waals surface area (Å²) < 4.78 is 0. The molecule has 0 aliphatic rings. The Bertz CT molecular complexity index is 340. The number of hydrogen-bond donors (Lipinski definition) is 0. The first-order chi connectivity index (χ1) is 8.74. The van der Waals surface area contributed by atoms with Crippen molar-refractivity contribution in [2.24, 2.45) is 0 Å². The van der Waals surface area contributed by atoms with Crippen LogP contribution in [-0.2, 0) is 11.2 Å². The van der Waals surface area contributed by atoms with Crippen LogP contribution < -0.4 is 0 Å². The lowest BCUT2D eigenvalue weighted by Gasteiger charge is -2.16. The van der Waals surface area contributed by atoms with Gasteiger partial charge >= 0.3 is 0 Å². The van der Waals surface area contributed by atoms with Crippen LogP contribution in [0.4, 0.5) is 0 Å². The minimum atomic E-state index is 0.248. The summed E-state index contributed by atoms with van der Waals surface area (Å²) in [5, 5.41) is 1.05. The third-order valence-corrected chi connectivity index (χ3v) is 3.58. The molecule has 1 amide bonds. The van der Waals surface area contributed by atoms with Gasteiger partial charge in [0.05, 0.1) is 0 Å². The molecule has 1 aromatic carbocycles. The van der Waals surface area contributed by atoms with Gasteiger partial charge in [0, 0.05) is 25.3 Å². The summed E-state index contributed by atoms with van der Waals surface area (Å²) >= 11 is 3.42. The van der Waals surface area contributed by atoms with Gasteiger partial charge < -0.3 is 4.90 Å². The highest BCUT2D eigenvalue weighted by molar-refractivity contribution is 9.09. The fourth-order valence-electron chi connectivity index (χ4n) is 1.83. The number of benzene rings is 1. The molecular formula is C15H22BrNO. The summed E-state index contributed by atoms with van der Waals surface area (Å²) in [6, 6.07) is 10.2. The second kappa shape index (κ2) is 9.15. The van der Waals surface area contributed by atoms with Gasteiger partial charge in [-0.05, 0) is 24.8 Å². The summed E-state index contributed by atoms with van der Waals surface area (Å²) in [4.78, 5) is 13.8. The minimum Gasteiger partial charge on any atom is -0.346 e. The summed E-state index contributed by atoms with van der Waals surface area (Å²) in [5.41, 5.74) is 1.23. The van der Waals surface area contributed by atoms with E-state index in [1.54, 1.807) is 0 Å². The Morgan fingerprint density at radius 2 is 1.89 bits per heavy atom. The van der Waals surface area contributed by atoms with E-state index in [0.29, 0.717) is 6.42 Å².